The summed E-state index contributed by atoms with van der Waals surface area (Å²) in [6.07, 6.45) is -16.2. The summed E-state index contributed by atoms with van der Waals surface area (Å²) in [5, 5.41) is 1.72. The molecule has 2 amide bonds. The Morgan fingerprint density at radius 3 is 2.00 bits per heavy atom. The Kier molecular flexibility index (Phi) is 9.06. The van der Waals surface area contributed by atoms with Crippen LogP contribution in [0.2, 0.25) is 0 Å². The third-order valence-electron chi connectivity index (χ3n) is 6.63. The number of hydrogen-bond donors (Lipinski definition) is 1. The van der Waals surface area contributed by atoms with E-state index in [0.29, 0.717) is 12.8 Å². The second-order valence-electron chi connectivity index (χ2n) is 9.90. The molecule has 0 atom stereocenters. The molecular formula is C28H18BrF11N2O2. The van der Waals surface area contributed by atoms with Gasteiger partial charge in [-0.15, -0.1) is 0 Å². The van der Waals surface area contributed by atoms with Crippen molar-refractivity contribution in [3.8, 4) is 0 Å². The van der Waals surface area contributed by atoms with E-state index in [0.717, 1.165) is 47.4 Å². The van der Waals surface area contributed by atoms with E-state index in [1.807, 2.05) is 0 Å². The molecule has 1 aliphatic carbocycles. The van der Waals surface area contributed by atoms with Crippen molar-refractivity contribution in [3.63, 3.8) is 0 Å². The number of benzene rings is 3. The van der Waals surface area contributed by atoms with Gasteiger partial charge in [-0.1, -0.05) is 6.07 Å². The van der Waals surface area contributed by atoms with Crippen LogP contribution in [0.4, 0.5) is 59.7 Å². The molecular weight excluding hydrogens is 685 g/mol. The minimum Gasteiger partial charge on any atom is -0.320 e. The molecule has 0 aliphatic heterocycles. The molecule has 0 aromatic heterocycles. The van der Waals surface area contributed by atoms with Gasteiger partial charge in [-0.25, -0.2) is 8.78 Å². The maximum Gasteiger partial charge on any atom is 0.418 e. The van der Waals surface area contributed by atoms with Crippen LogP contribution < -0.4 is 10.2 Å². The third-order valence-corrected chi connectivity index (χ3v) is 7.26. The molecule has 3 aromatic carbocycles. The van der Waals surface area contributed by atoms with E-state index in [4.69, 9.17) is 0 Å². The number of nitrogens with one attached hydrogen (secondary N) is 1. The van der Waals surface area contributed by atoms with Gasteiger partial charge in [0.15, 0.2) is 11.7 Å². The number of carbonyl (C=O) groups excluding carboxylic acids is 2. The van der Waals surface area contributed by atoms with Gasteiger partial charge in [-0.2, -0.15) is 39.5 Å². The maximum absolute atomic E-state index is 15.8. The Labute approximate surface area is 250 Å². The van der Waals surface area contributed by atoms with Crippen molar-refractivity contribution in [1.29, 1.82) is 0 Å². The van der Waals surface area contributed by atoms with Crippen LogP contribution in [0, 0.1) is 17.6 Å². The highest BCUT2D eigenvalue weighted by atomic mass is 79.9. The fraction of sp³-hybridized carbons (Fsp3) is 0.286. The lowest BCUT2D eigenvalue weighted by Crippen LogP contribution is -2.34. The summed E-state index contributed by atoms with van der Waals surface area (Å²) in [6, 6.07) is 7.11. The van der Waals surface area contributed by atoms with Gasteiger partial charge in [0, 0.05) is 16.6 Å². The zero-order chi connectivity index (χ0) is 32.8. The highest BCUT2D eigenvalue weighted by Crippen LogP contribution is 2.49. The second-order valence-corrected chi connectivity index (χ2v) is 10.8. The molecule has 236 valence electrons. The molecule has 1 fully saturated rings. The summed E-state index contributed by atoms with van der Waals surface area (Å²) >= 11 is 2.51. The minimum atomic E-state index is -6.01. The number of halogens is 12. The quantitative estimate of drug-likeness (QED) is 0.250. The van der Waals surface area contributed by atoms with Crippen LogP contribution in [0.1, 0.15) is 50.6 Å². The summed E-state index contributed by atoms with van der Waals surface area (Å²) in [4.78, 5) is 27.2. The average Bonchev–Trinajstić information content (AvgIpc) is 3.71. The lowest BCUT2D eigenvalue weighted by molar-refractivity contribution is -0.253. The highest BCUT2D eigenvalue weighted by molar-refractivity contribution is 9.10. The van der Waals surface area contributed by atoms with Gasteiger partial charge in [-0.3, -0.25) is 9.59 Å². The molecule has 0 bridgehead atoms. The first-order valence-electron chi connectivity index (χ1n) is 12.5. The van der Waals surface area contributed by atoms with Gasteiger partial charge < -0.3 is 10.2 Å². The Bertz CT molecular complexity index is 1550. The molecule has 0 heterocycles. The van der Waals surface area contributed by atoms with Crippen molar-refractivity contribution >= 4 is 39.1 Å². The lowest BCUT2D eigenvalue weighted by atomic mass is 9.95. The Morgan fingerprint density at radius 2 is 1.48 bits per heavy atom. The van der Waals surface area contributed by atoms with E-state index in [-0.39, 0.29) is 24.1 Å². The number of anilines is 2. The van der Waals surface area contributed by atoms with Crippen LogP contribution in [0.15, 0.2) is 59.1 Å². The lowest BCUT2D eigenvalue weighted by Gasteiger charge is -2.26. The third kappa shape index (κ3) is 7.33. The molecule has 0 spiro atoms. The van der Waals surface area contributed by atoms with Crippen molar-refractivity contribution < 1.29 is 57.9 Å². The van der Waals surface area contributed by atoms with Gasteiger partial charge in [0.05, 0.1) is 22.5 Å². The zero-order valence-electron chi connectivity index (χ0n) is 21.8. The molecule has 4 rings (SSSR count). The maximum atomic E-state index is 15.8. The van der Waals surface area contributed by atoms with Crippen LogP contribution >= 0.6 is 15.9 Å². The topological polar surface area (TPSA) is 49.4 Å². The van der Waals surface area contributed by atoms with Gasteiger partial charge in [0.2, 0.25) is 0 Å². The van der Waals surface area contributed by atoms with E-state index in [1.54, 1.807) is 5.32 Å². The molecule has 16 heteroatoms. The fourth-order valence-corrected chi connectivity index (χ4v) is 4.97. The highest BCUT2D eigenvalue weighted by Gasteiger charge is 2.58. The van der Waals surface area contributed by atoms with Gasteiger partial charge in [0.1, 0.15) is 5.82 Å². The Hall–Kier alpha value is -3.69. The van der Waals surface area contributed by atoms with Crippen molar-refractivity contribution in [3.05, 3.63) is 93.0 Å². The summed E-state index contributed by atoms with van der Waals surface area (Å²) in [5.41, 5.74) is -6.49. The van der Waals surface area contributed by atoms with Crippen LogP contribution in [0.3, 0.4) is 0 Å². The number of nitrogens with zero attached hydrogens (tertiary/aromatic N) is 1. The monoisotopic (exact) mass is 702 g/mol. The zero-order valence-corrected chi connectivity index (χ0v) is 23.4. The molecule has 3 aromatic rings. The molecule has 1 saturated carbocycles. The van der Waals surface area contributed by atoms with Gasteiger partial charge >= 0.3 is 18.5 Å². The number of alkyl halides is 9. The SMILES string of the molecule is O=C(Nc1c(Br)cc(C(C(F)(F)F)C(F)(F)F)cc1C(F)(F)F)c1cccc(N(CC2CC2)C(=O)c2ccc(F)cc2)c1F. The smallest absolute Gasteiger partial charge is 0.320 e. The molecule has 44 heavy (non-hydrogen) atoms. The number of carbonyl (C=O) groups is 2. The van der Waals surface area contributed by atoms with E-state index in [2.05, 4.69) is 15.9 Å². The number of rotatable bonds is 7. The van der Waals surface area contributed by atoms with Crippen molar-refractivity contribution in [2.75, 3.05) is 16.8 Å². The first kappa shape index (κ1) is 33.2. The van der Waals surface area contributed by atoms with Gasteiger partial charge in [-0.05, 0) is 88.8 Å². The molecule has 0 radical (unpaired) electrons. The molecule has 1 aliphatic rings. The minimum absolute atomic E-state index is 0.0109. The van der Waals surface area contributed by atoms with Crippen LogP contribution in [0.25, 0.3) is 0 Å². The largest absolute Gasteiger partial charge is 0.418 e. The average molecular weight is 703 g/mol. The summed E-state index contributed by atoms with van der Waals surface area (Å²) < 4.78 is 149. The predicted molar refractivity (Wildman–Crippen MR) is 139 cm³/mol. The first-order chi connectivity index (χ1) is 20.3. The van der Waals surface area contributed by atoms with Crippen LogP contribution in [0.5, 0.6) is 0 Å². The summed E-state index contributed by atoms with van der Waals surface area (Å²) in [5.74, 6) is -8.62. The molecule has 0 unspecified atom stereocenters. The number of amides is 2. The van der Waals surface area contributed by atoms with Crippen molar-refractivity contribution in [1.82, 2.24) is 0 Å². The molecule has 4 nitrogen and oxygen atoms in total. The Morgan fingerprint density at radius 1 is 0.886 bits per heavy atom. The second kappa shape index (κ2) is 12.0. The number of hydrogen-bond acceptors (Lipinski definition) is 2. The van der Waals surface area contributed by atoms with Crippen molar-refractivity contribution in [2.45, 2.75) is 37.3 Å². The van der Waals surface area contributed by atoms with E-state index < -0.39 is 86.5 Å². The van der Waals surface area contributed by atoms with E-state index in [9.17, 15) is 53.5 Å². The van der Waals surface area contributed by atoms with Crippen LogP contribution in [-0.2, 0) is 6.18 Å². The summed E-state index contributed by atoms with van der Waals surface area (Å²) in [6.45, 7) is -0.0109. The molecule has 1 N–H and O–H groups in total. The molecule has 0 saturated heterocycles. The van der Waals surface area contributed by atoms with Crippen LogP contribution in [-0.4, -0.2) is 30.7 Å². The van der Waals surface area contributed by atoms with E-state index in [1.165, 1.54) is 0 Å². The first-order valence-corrected chi connectivity index (χ1v) is 13.3. The summed E-state index contributed by atoms with van der Waals surface area (Å²) in [7, 11) is 0. The van der Waals surface area contributed by atoms with Gasteiger partial charge in [0.25, 0.3) is 11.8 Å². The van der Waals surface area contributed by atoms with E-state index >= 15 is 4.39 Å². The standard InChI is InChI=1S/C28H18BrF11N2O2/c29-19-11-15(23(27(35,36)37)28(38,39)40)10-18(26(32,33)34)22(19)41-24(43)17-2-1-3-20(21(17)31)42(12-13-4-5-13)25(44)14-6-8-16(30)9-7-14/h1-3,6-11,13,23H,4-5,12H2,(H,41,43). The Balaban J connectivity index is 1.74. The normalized spacial score (nSPS) is 14.1. The van der Waals surface area contributed by atoms with Crippen molar-refractivity contribution in [2.24, 2.45) is 5.92 Å². The predicted octanol–water partition coefficient (Wildman–Crippen LogP) is 9.26. The fourth-order valence-electron chi connectivity index (χ4n) is 4.39.